The lowest BCUT2D eigenvalue weighted by Gasteiger charge is -2.38. The van der Waals surface area contributed by atoms with Gasteiger partial charge in [-0.3, -0.25) is 9.80 Å². The third-order valence-electron chi connectivity index (χ3n) is 3.72. The van der Waals surface area contributed by atoms with Crippen LogP contribution in [0.3, 0.4) is 0 Å². The van der Waals surface area contributed by atoms with E-state index in [0.717, 1.165) is 45.6 Å². The van der Waals surface area contributed by atoms with Gasteiger partial charge in [-0.2, -0.15) is 11.3 Å². The van der Waals surface area contributed by atoms with Crippen LogP contribution in [0.2, 0.25) is 0 Å². The Bertz CT molecular complexity index is 383. The molecule has 0 radical (unpaired) electrons. The van der Waals surface area contributed by atoms with E-state index in [-0.39, 0.29) is 0 Å². The molecule has 1 aliphatic rings. The van der Waals surface area contributed by atoms with Gasteiger partial charge in [0.1, 0.15) is 0 Å². The zero-order chi connectivity index (χ0) is 13.7. The van der Waals surface area contributed by atoms with E-state index in [9.17, 15) is 0 Å². The van der Waals surface area contributed by atoms with Crippen molar-refractivity contribution in [2.24, 2.45) is 5.73 Å². The van der Waals surface area contributed by atoms with Gasteiger partial charge in [-0.15, -0.1) is 0 Å². The minimum Gasteiger partial charge on any atom is -0.392 e. The molecule has 2 heterocycles. The second-order valence-corrected chi connectivity index (χ2v) is 6.40. The lowest BCUT2D eigenvalue weighted by Crippen LogP contribution is -2.53. The summed E-state index contributed by atoms with van der Waals surface area (Å²) in [7, 11) is 0. The normalized spacial score (nSPS) is 19.4. The predicted molar refractivity (Wildman–Crippen MR) is 86.7 cm³/mol. The molecule has 0 saturated carbocycles. The first-order valence-electron chi connectivity index (χ1n) is 6.97. The Morgan fingerprint density at radius 1 is 1.42 bits per heavy atom. The number of piperazine rings is 1. The van der Waals surface area contributed by atoms with E-state index in [4.69, 9.17) is 18.0 Å². The molecule has 0 aliphatic carbocycles. The number of hydrogen-bond acceptors (Lipinski definition) is 4. The largest absolute Gasteiger partial charge is 0.392 e. The Labute approximate surface area is 125 Å². The van der Waals surface area contributed by atoms with Gasteiger partial charge >= 0.3 is 0 Å². The summed E-state index contributed by atoms with van der Waals surface area (Å²) in [5.74, 6) is 0. The van der Waals surface area contributed by atoms with E-state index < -0.39 is 0 Å². The van der Waals surface area contributed by atoms with Crippen molar-refractivity contribution >= 4 is 28.5 Å². The van der Waals surface area contributed by atoms with Crippen LogP contribution >= 0.6 is 23.6 Å². The van der Waals surface area contributed by atoms with Gasteiger partial charge < -0.3 is 5.73 Å². The highest BCUT2D eigenvalue weighted by atomic mass is 32.1. The topological polar surface area (TPSA) is 32.5 Å². The standard InChI is InChI=1S/C14H23N3S2/c1-2-3-13(14(15)18)17-7-5-16(6-8-17)10-12-4-9-19-11-12/h4,9,11,13H,2-3,5-8,10H2,1H3,(H2,15,18). The third-order valence-corrected chi connectivity index (χ3v) is 4.73. The van der Waals surface area contributed by atoms with Crippen LogP contribution in [0.4, 0.5) is 0 Å². The summed E-state index contributed by atoms with van der Waals surface area (Å²) in [4.78, 5) is 5.63. The summed E-state index contributed by atoms with van der Waals surface area (Å²) >= 11 is 6.98. The Morgan fingerprint density at radius 3 is 2.68 bits per heavy atom. The molecule has 1 atom stereocenters. The van der Waals surface area contributed by atoms with Gasteiger partial charge in [0.05, 0.1) is 11.0 Å². The maximum atomic E-state index is 5.88. The number of thiocarbonyl (C=S) groups is 1. The molecule has 106 valence electrons. The monoisotopic (exact) mass is 297 g/mol. The van der Waals surface area contributed by atoms with E-state index in [1.165, 1.54) is 5.56 Å². The predicted octanol–water partition coefficient (Wildman–Crippen LogP) is 2.32. The first-order valence-corrected chi connectivity index (χ1v) is 8.32. The molecule has 0 spiro atoms. The molecular weight excluding hydrogens is 274 g/mol. The van der Waals surface area contributed by atoms with Crippen LogP contribution in [0.1, 0.15) is 25.3 Å². The van der Waals surface area contributed by atoms with Gasteiger partial charge in [-0.05, 0) is 28.8 Å². The number of thiophene rings is 1. The summed E-state index contributed by atoms with van der Waals surface area (Å²) in [5.41, 5.74) is 7.30. The van der Waals surface area contributed by atoms with E-state index in [2.05, 4.69) is 33.6 Å². The van der Waals surface area contributed by atoms with Gasteiger partial charge in [0, 0.05) is 32.7 Å². The SMILES string of the molecule is CCCC(C(N)=S)N1CCN(Cc2ccsc2)CC1. The van der Waals surface area contributed by atoms with Gasteiger partial charge in [0.15, 0.2) is 0 Å². The fourth-order valence-corrected chi connectivity index (χ4v) is 3.58. The quantitative estimate of drug-likeness (QED) is 0.817. The van der Waals surface area contributed by atoms with Crippen molar-refractivity contribution in [3.8, 4) is 0 Å². The van der Waals surface area contributed by atoms with Gasteiger partial charge in [-0.25, -0.2) is 0 Å². The molecule has 1 unspecified atom stereocenters. The average Bonchev–Trinajstić information content (AvgIpc) is 2.90. The minimum atomic E-state index is 0.295. The zero-order valence-electron chi connectivity index (χ0n) is 11.5. The summed E-state index contributed by atoms with van der Waals surface area (Å²) in [6.45, 7) is 7.64. The maximum absolute atomic E-state index is 5.88. The van der Waals surface area contributed by atoms with Gasteiger partial charge in [0.25, 0.3) is 0 Å². The number of hydrogen-bond donors (Lipinski definition) is 1. The van der Waals surface area contributed by atoms with Crippen LogP contribution in [0.5, 0.6) is 0 Å². The molecule has 1 aliphatic heterocycles. The minimum absolute atomic E-state index is 0.295. The molecule has 0 bridgehead atoms. The Morgan fingerprint density at radius 2 is 2.16 bits per heavy atom. The summed E-state index contributed by atoms with van der Waals surface area (Å²) in [6.07, 6.45) is 2.22. The van der Waals surface area contributed by atoms with Crippen molar-refractivity contribution in [1.29, 1.82) is 0 Å². The molecule has 19 heavy (non-hydrogen) atoms. The molecule has 0 aromatic carbocycles. The number of nitrogens with two attached hydrogens (primary N) is 1. The van der Waals surface area contributed by atoms with Crippen molar-refractivity contribution in [2.75, 3.05) is 26.2 Å². The Balaban J connectivity index is 1.82. The molecule has 3 nitrogen and oxygen atoms in total. The number of nitrogens with zero attached hydrogens (tertiary/aromatic N) is 2. The fourth-order valence-electron chi connectivity index (χ4n) is 2.65. The maximum Gasteiger partial charge on any atom is 0.0902 e. The second-order valence-electron chi connectivity index (χ2n) is 5.15. The first kappa shape index (κ1) is 14.9. The van der Waals surface area contributed by atoms with Crippen LogP contribution < -0.4 is 5.73 Å². The fraction of sp³-hybridized carbons (Fsp3) is 0.643. The molecule has 5 heteroatoms. The second kappa shape index (κ2) is 7.33. The highest BCUT2D eigenvalue weighted by Crippen LogP contribution is 2.15. The zero-order valence-corrected chi connectivity index (χ0v) is 13.2. The molecule has 1 saturated heterocycles. The van der Waals surface area contributed by atoms with Crippen LogP contribution in [0.25, 0.3) is 0 Å². The summed E-state index contributed by atoms with van der Waals surface area (Å²) in [6, 6.07) is 2.51. The van der Waals surface area contributed by atoms with Crippen molar-refractivity contribution in [2.45, 2.75) is 32.4 Å². The van der Waals surface area contributed by atoms with Gasteiger partial charge in [0.2, 0.25) is 0 Å². The van der Waals surface area contributed by atoms with Crippen LogP contribution in [0, 0.1) is 0 Å². The number of rotatable bonds is 6. The van der Waals surface area contributed by atoms with E-state index >= 15 is 0 Å². The van der Waals surface area contributed by atoms with Crippen LogP contribution in [0.15, 0.2) is 16.8 Å². The highest BCUT2D eigenvalue weighted by molar-refractivity contribution is 7.80. The van der Waals surface area contributed by atoms with Crippen LogP contribution in [-0.4, -0.2) is 47.0 Å². The average molecular weight is 297 g/mol. The lowest BCUT2D eigenvalue weighted by molar-refractivity contribution is 0.110. The van der Waals surface area contributed by atoms with Crippen molar-refractivity contribution in [3.05, 3.63) is 22.4 Å². The Kier molecular flexibility index (Phi) is 5.76. The molecule has 1 fully saturated rings. The smallest absolute Gasteiger partial charge is 0.0902 e. The van der Waals surface area contributed by atoms with Crippen molar-refractivity contribution in [1.82, 2.24) is 9.80 Å². The molecule has 0 amide bonds. The molecule has 1 aromatic rings. The summed E-state index contributed by atoms with van der Waals surface area (Å²) < 4.78 is 0. The van der Waals surface area contributed by atoms with Crippen LogP contribution in [-0.2, 0) is 6.54 Å². The van der Waals surface area contributed by atoms with Crippen molar-refractivity contribution in [3.63, 3.8) is 0 Å². The van der Waals surface area contributed by atoms with Crippen molar-refractivity contribution < 1.29 is 0 Å². The first-order chi connectivity index (χ1) is 9.20. The highest BCUT2D eigenvalue weighted by Gasteiger charge is 2.24. The van der Waals surface area contributed by atoms with E-state index in [1.807, 2.05) is 0 Å². The molecule has 1 aromatic heterocycles. The Hall–Kier alpha value is -0.490. The van der Waals surface area contributed by atoms with Gasteiger partial charge in [-0.1, -0.05) is 25.6 Å². The molecular formula is C14H23N3S2. The van der Waals surface area contributed by atoms with E-state index in [1.54, 1.807) is 11.3 Å². The lowest BCUT2D eigenvalue weighted by atomic mass is 10.1. The van der Waals surface area contributed by atoms with E-state index in [0.29, 0.717) is 11.0 Å². The third kappa shape index (κ3) is 4.24. The molecule has 2 N–H and O–H groups in total. The molecule has 2 rings (SSSR count). The summed E-state index contributed by atoms with van der Waals surface area (Å²) in [5, 5.41) is 4.39.